The Hall–Kier alpha value is -5.12. The van der Waals surface area contributed by atoms with Gasteiger partial charge in [0.2, 0.25) is 0 Å². The second-order valence-electron chi connectivity index (χ2n) is 8.13. The van der Waals surface area contributed by atoms with Crippen LogP contribution in [0.15, 0.2) is 84.9 Å². The highest BCUT2D eigenvalue weighted by Gasteiger charge is 2.19. The molecule has 8 N–H and O–H groups in total. The van der Waals surface area contributed by atoms with Crippen LogP contribution in [0.2, 0.25) is 0 Å². The number of nitrogen functional groups attached to an aromatic ring is 4. The largest absolute Gasteiger partial charge is 0.399 e. The lowest BCUT2D eigenvalue weighted by Crippen LogP contribution is -2.02. The van der Waals surface area contributed by atoms with Gasteiger partial charge in [0.15, 0.2) is 0 Å². The van der Waals surface area contributed by atoms with Gasteiger partial charge in [0.1, 0.15) is 0 Å². The summed E-state index contributed by atoms with van der Waals surface area (Å²) in [6, 6.07) is 24.4. The van der Waals surface area contributed by atoms with Gasteiger partial charge in [0.25, 0.3) is 11.4 Å². The smallest absolute Gasteiger partial charge is 0.274 e. The molecule has 0 unspecified atom stereocenters. The van der Waals surface area contributed by atoms with Crippen LogP contribution in [0.1, 0.15) is 49.9 Å². The summed E-state index contributed by atoms with van der Waals surface area (Å²) in [5.41, 5.74) is 27.3. The van der Waals surface area contributed by atoms with E-state index in [2.05, 4.69) is 0 Å². The van der Waals surface area contributed by atoms with Gasteiger partial charge in [-0.25, -0.2) is 0 Å². The first-order chi connectivity index (χ1) is 19.1. The van der Waals surface area contributed by atoms with Crippen LogP contribution in [0, 0.1) is 20.2 Å². The summed E-state index contributed by atoms with van der Waals surface area (Å²) in [6.07, 6.45) is 0.966. The first kappa shape index (κ1) is 32.9. The highest BCUT2D eigenvalue weighted by Crippen LogP contribution is 2.29. The summed E-state index contributed by atoms with van der Waals surface area (Å²) < 4.78 is 0. The van der Waals surface area contributed by atoms with Crippen LogP contribution in [0.4, 0.5) is 34.1 Å². The Balaban J connectivity index is 0.000000370. The van der Waals surface area contributed by atoms with Gasteiger partial charge in [0, 0.05) is 52.4 Å². The van der Waals surface area contributed by atoms with Crippen LogP contribution in [-0.2, 0) is 12.8 Å². The molecule has 0 amide bonds. The molecular formula is C30H38N6O4. The molecule has 0 fully saturated rings. The zero-order valence-corrected chi connectivity index (χ0v) is 23.3. The third-order valence-corrected chi connectivity index (χ3v) is 5.36. The fourth-order valence-corrected chi connectivity index (χ4v) is 3.51. The molecule has 10 nitrogen and oxygen atoms in total. The molecule has 10 heteroatoms. The van der Waals surface area contributed by atoms with Crippen LogP contribution in [0.25, 0.3) is 0 Å². The van der Waals surface area contributed by atoms with E-state index in [0.717, 1.165) is 17.8 Å². The van der Waals surface area contributed by atoms with Crippen molar-refractivity contribution in [1.82, 2.24) is 0 Å². The lowest BCUT2D eigenvalue weighted by molar-refractivity contribution is -0.386. The molecule has 4 aromatic carbocycles. The van der Waals surface area contributed by atoms with Crippen molar-refractivity contribution < 1.29 is 9.85 Å². The molecule has 0 aliphatic rings. The number of hydrogen-bond acceptors (Lipinski definition) is 8. The van der Waals surface area contributed by atoms with Gasteiger partial charge in [-0.05, 0) is 66.1 Å². The normalized spacial score (nSPS) is 9.50. The third-order valence-electron chi connectivity index (χ3n) is 5.36. The van der Waals surface area contributed by atoms with Gasteiger partial charge < -0.3 is 22.9 Å². The highest BCUT2D eigenvalue weighted by atomic mass is 16.6. The Labute approximate surface area is 234 Å². The van der Waals surface area contributed by atoms with E-state index in [1.807, 2.05) is 76.2 Å². The minimum absolute atomic E-state index is 0.0488. The van der Waals surface area contributed by atoms with Crippen molar-refractivity contribution in [3.63, 3.8) is 0 Å². The molecule has 0 saturated heterocycles. The molecule has 0 heterocycles. The maximum Gasteiger partial charge on any atom is 0.274 e. The number of nitrogens with two attached hydrogens (primary N) is 4. The van der Waals surface area contributed by atoms with Gasteiger partial charge >= 0.3 is 0 Å². The maximum atomic E-state index is 11.0. The van der Waals surface area contributed by atoms with E-state index in [9.17, 15) is 20.2 Å². The highest BCUT2D eigenvalue weighted by molar-refractivity contribution is 5.58. The molecule has 4 rings (SSSR count). The summed E-state index contributed by atoms with van der Waals surface area (Å²) in [5, 5.41) is 22.1. The van der Waals surface area contributed by atoms with Gasteiger partial charge in [0.05, 0.1) is 9.85 Å². The average Bonchev–Trinajstić information content (AvgIpc) is 2.95. The van der Waals surface area contributed by atoms with E-state index in [4.69, 9.17) is 22.9 Å². The fourth-order valence-electron chi connectivity index (χ4n) is 3.51. The van der Waals surface area contributed by atoms with Crippen molar-refractivity contribution in [1.29, 1.82) is 0 Å². The zero-order valence-electron chi connectivity index (χ0n) is 23.3. The molecule has 0 radical (unpaired) electrons. The second-order valence-corrected chi connectivity index (χ2v) is 8.13. The van der Waals surface area contributed by atoms with Crippen molar-refractivity contribution in [3.05, 3.63) is 127 Å². The molecule has 0 saturated carbocycles. The van der Waals surface area contributed by atoms with Gasteiger partial charge in [-0.2, -0.15) is 0 Å². The van der Waals surface area contributed by atoms with E-state index in [1.165, 1.54) is 47.5 Å². The van der Waals surface area contributed by atoms with Crippen molar-refractivity contribution >= 4 is 34.1 Å². The van der Waals surface area contributed by atoms with E-state index in [1.54, 1.807) is 0 Å². The minimum Gasteiger partial charge on any atom is -0.399 e. The predicted octanol–water partition coefficient (Wildman–Crippen LogP) is 6.75. The van der Waals surface area contributed by atoms with Crippen molar-refractivity contribution in [2.75, 3.05) is 22.9 Å². The molecule has 0 bridgehead atoms. The molecule has 0 spiro atoms. The molecular weight excluding hydrogens is 508 g/mol. The average molecular weight is 547 g/mol. The third kappa shape index (κ3) is 10.3. The Morgan fingerprint density at radius 3 is 1.10 bits per heavy atom. The Morgan fingerprint density at radius 1 is 0.500 bits per heavy atom. The van der Waals surface area contributed by atoms with Gasteiger partial charge in [-0.3, -0.25) is 20.2 Å². The molecule has 0 atom stereocenters. The van der Waals surface area contributed by atoms with Crippen LogP contribution < -0.4 is 22.9 Å². The summed E-state index contributed by atoms with van der Waals surface area (Å²) >= 11 is 0. The summed E-state index contributed by atoms with van der Waals surface area (Å²) in [6.45, 7) is 8.00. The Kier molecular flexibility index (Phi) is 13.7. The SMILES string of the molecule is CC.CC.Nc1ccc(Cc2ccc(N)cc2)cc1.Nc1ccc(Cc2ccc(N)cc2[N+](=O)[O-])c([N+](=O)[O-])c1. The molecule has 0 aliphatic carbocycles. The molecule has 0 aliphatic heterocycles. The van der Waals surface area contributed by atoms with Crippen molar-refractivity contribution in [2.24, 2.45) is 0 Å². The van der Waals surface area contributed by atoms with Crippen LogP contribution >= 0.6 is 0 Å². The van der Waals surface area contributed by atoms with Crippen LogP contribution in [0.3, 0.4) is 0 Å². The Bertz CT molecular complexity index is 1270. The topological polar surface area (TPSA) is 190 Å². The number of anilines is 4. The monoisotopic (exact) mass is 546 g/mol. The van der Waals surface area contributed by atoms with E-state index >= 15 is 0 Å². The van der Waals surface area contributed by atoms with Crippen molar-refractivity contribution in [2.45, 2.75) is 40.5 Å². The molecule has 212 valence electrons. The number of rotatable bonds is 6. The standard InChI is InChI=1S/C13H12N4O4.C13H14N2.2C2H6/c14-10-3-1-8(12(6-10)16(18)19)5-9-2-4-11(15)7-13(9)17(20)21;14-12-5-1-10(2-6-12)9-11-3-7-13(15)8-4-11;2*1-2/h1-4,6-7H,5,14-15H2;1-8H,9,14-15H2;2*1-2H3. The lowest BCUT2D eigenvalue weighted by Gasteiger charge is -2.06. The number of nitrogens with zero attached hydrogens (tertiary/aromatic N) is 2. The Morgan fingerprint density at radius 2 is 0.800 bits per heavy atom. The van der Waals surface area contributed by atoms with E-state index in [-0.39, 0.29) is 29.2 Å². The first-order valence-corrected chi connectivity index (χ1v) is 12.9. The summed E-state index contributed by atoms with van der Waals surface area (Å²) in [4.78, 5) is 20.9. The van der Waals surface area contributed by atoms with Gasteiger partial charge in [-0.1, -0.05) is 52.0 Å². The molecule has 40 heavy (non-hydrogen) atoms. The fraction of sp³-hybridized carbons (Fsp3) is 0.200. The predicted molar refractivity (Wildman–Crippen MR) is 165 cm³/mol. The molecule has 0 aromatic heterocycles. The van der Waals surface area contributed by atoms with E-state index < -0.39 is 9.85 Å². The van der Waals surface area contributed by atoms with Crippen LogP contribution in [0.5, 0.6) is 0 Å². The number of hydrogen-bond donors (Lipinski definition) is 4. The summed E-state index contributed by atoms with van der Waals surface area (Å²) in [5.74, 6) is 0. The number of benzene rings is 4. The quantitative estimate of drug-likeness (QED) is 0.116. The summed E-state index contributed by atoms with van der Waals surface area (Å²) in [7, 11) is 0. The minimum atomic E-state index is -0.561. The molecule has 4 aromatic rings. The van der Waals surface area contributed by atoms with Gasteiger partial charge in [-0.15, -0.1) is 0 Å². The van der Waals surface area contributed by atoms with Crippen molar-refractivity contribution in [3.8, 4) is 0 Å². The first-order valence-electron chi connectivity index (χ1n) is 12.9. The van der Waals surface area contributed by atoms with Crippen LogP contribution in [-0.4, -0.2) is 9.85 Å². The van der Waals surface area contributed by atoms with E-state index in [0.29, 0.717) is 11.1 Å². The number of nitro groups is 2. The maximum absolute atomic E-state index is 11.0. The zero-order chi connectivity index (χ0) is 30.2. The lowest BCUT2D eigenvalue weighted by atomic mass is 10.0. The number of nitro benzene ring substituents is 2. The second kappa shape index (κ2) is 16.7.